The molecule has 2 nitrogen and oxygen atoms in total. The zero-order valence-electron chi connectivity index (χ0n) is 29.4. The van der Waals surface area contributed by atoms with Gasteiger partial charge in [-0.05, 0) is 144 Å². The normalized spacial score (nSPS) is 31.8. The molecule has 4 unspecified atom stereocenters. The summed E-state index contributed by atoms with van der Waals surface area (Å²) in [6.45, 7) is 9.75. The lowest BCUT2D eigenvalue weighted by Crippen LogP contribution is -2.64. The van der Waals surface area contributed by atoms with Crippen LogP contribution in [0.1, 0.15) is 94.9 Å². The fourth-order valence-corrected chi connectivity index (χ4v) is 13.1. The Balaban J connectivity index is 1.15. The molecule has 0 N–H and O–H groups in total. The molecule has 2 heteroatoms. The molecule has 2 spiro atoms. The standard InChI is InChI=1S/C47H47NO/c1-44(2)20-21-45(3,4)37-25-32(16-18-35(37)44)48(39-14-9-11-31-10-5-6-12-34(31)39)33-17-19-41-38(26-33)47(36-13-7-8-15-40(36)49-41)42-23-29-22-30-24-43(47)46(42,27-29)28-30/h5-19,25-26,29-30,42-43H,20-24,27-28H2,1-4H3. The second-order valence-electron chi connectivity index (χ2n) is 18.2. The maximum absolute atomic E-state index is 6.86. The van der Waals surface area contributed by atoms with E-state index in [1.807, 2.05) is 0 Å². The van der Waals surface area contributed by atoms with E-state index in [9.17, 15) is 0 Å². The first kappa shape index (κ1) is 28.8. The first-order chi connectivity index (χ1) is 23.7. The van der Waals surface area contributed by atoms with Crippen molar-refractivity contribution in [3.8, 4) is 11.5 Å². The molecule has 4 atom stereocenters. The van der Waals surface area contributed by atoms with Crippen molar-refractivity contribution in [3.05, 3.63) is 125 Å². The minimum Gasteiger partial charge on any atom is -0.457 e. The lowest BCUT2D eigenvalue weighted by Gasteiger charge is -2.66. The number of anilines is 3. The highest BCUT2D eigenvalue weighted by Gasteiger charge is 2.79. The molecule has 0 saturated heterocycles. The average molecular weight is 642 g/mol. The van der Waals surface area contributed by atoms with E-state index < -0.39 is 0 Å². The number of para-hydroxylation sites is 1. The van der Waals surface area contributed by atoms with E-state index in [2.05, 4.69) is 136 Å². The molecule has 4 saturated carbocycles. The van der Waals surface area contributed by atoms with Crippen LogP contribution in [0.2, 0.25) is 0 Å². The Morgan fingerprint density at radius 2 is 1.20 bits per heavy atom. The van der Waals surface area contributed by atoms with Crippen LogP contribution in [-0.4, -0.2) is 0 Å². The molecule has 4 fully saturated rings. The van der Waals surface area contributed by atoms with Crippen LogP contribution < -0.4 is 9.64 Å². The first-order valence-electron chi connectivity index (χ1n) is 19.0. The van der Waals surface area contributed by atoms with Crippen LogP contribution in [0.15, 0.2) is 103 Å². The van der Waals surface area contributed by atoms with Gasteiger partial charge in [-0.25, -0.2) is 0 Å². The molecule has 3 bridgehead atoms. The van der Waals surface area contributed by atoms with Crippen molar-refractivity contribution in [1.29, 1.82) is 0 Å². The van der Waals surface area contributed by atoms with Gasteiger partial charge < -0.3 is 9.64 Å². The SMILES string of the molecule is CC1(C)CCC(C)(C)c2cc(N(c3ccc4c(c3)C3(c5ccccc5O4)C4CC5CC6CC3C4(C5)C6)c3cccc4ccccc34)ccc21. The highest BCUT2D eigenvalue weighted by atomic mass is 16.5. The van der Waals surface area contributed by atoms with E-state index in [1.54, 1.807) is 0 Å². The molecule has 11 rings (SSSR count). The summed E-state index contributed by atoms with van der Waals surface area (Å²) in [5, 5.41) is 2.56. The molecule has 0 amide bonds. The minimum absolute atomic E-state index is 0.0381. The van der Waals surface area contributed by atoms with Crippen LogP contribution in [0.5, 0.6) is 11.5 Å². The highest BCUT2D eigenvalue weighted by Crippen LogP contribution is 2.85. The highest BCUT2D eigenvalue weighted by molar-refractivity contribution is 5.99. The zero-order chi connectivity index (χ0) is 32.9. The van der Waals surface area contributed by atoms with Gasteiger partial charge in [-0.2, -0.15) is 0 Å². The van der Waals surface area contributed by atoms with Crippen molar-refractivity contribution < 1.29 is 4.74 Å². The monoisotopic (exact) mass is 641 g/mol. The van der Waals surface area contributed by atoms with Gasteiger partial charge in [0.2, 0.25) is 0 Å². The fourth-order valence-electron chi connectivity index (χ4n) is 13.1. The van der Waals surface area contributed by atoms with E-state index in [0.717, 1.165) is 23.3 Å². The molecule has 246 valence electrons. The van der Waals surface area contributed by atoms with Crippen molar-refractivity contribution in [3.63, 3.8) is 0 Å². The summed E-state index contributed by atoms with van der Waals surface area (Å²) in [5.74, 6) is 5.40. The molecule has 1 aliphatic heterocycles. The molecule has 5 aromatic carbocycles. The molecular weight excluding hydrogens is 595 g/mol. The number of rotatable bonds is 3. The third-order valence-corrected chi connectivity index (χ3v) is 15.0. The largest absolute Gasteiger partial charge is 0.457 e. The lowest BCUT2D eigenvalue weighted by molar-refractivity contribution is -0.0882. The van der Waals surface area contributed by atoms with Crippen LogP contribution in [0.25, 0.3) is 10.8 Å². The molecule has 0 radical (unpaired) electrons. The molecule has 49 heavy (non-hydrogen) atoms. The summed E-state index contributed by atoms with van der Waals surface area (Å²) in [7, 11) is 0. The molecular formula is C47H47NO. The average Bonchev–Trinajstić information content (AvgIpc) is 3.50. The number of hydrogen-bond donors (Lipinski definition) is 0. The maximum Gasteiger partial charge on any atom is 0.131 e. The van der Waals surface area contributed by atoms with Gasteiger partial charge in [0, 0.05) is 33.3 Å². The van der Waals surface area contributed by atoms with Crippen molar-refractivity contribution in [2.45, 2.75) is 88.9 Å². The third kappa shape index (κ3) is 3.58. The van der Waals surface area contributed by atoms with E-state index >= 15 is 0 Å². The third-order valence-electron chi connectivity index (χ3n) is 15.0. The smallest absolute Gasteiger partial charge is 0.131 e. The minimum atomic E-state index is 0.0381. The van der Waals surface area contributed by atoms with Crippen molar-refractivity contribution in [2.75, 3.05) is 4.90 Å². The van der Waals surface area contributed by atoms with Crippen molar-refractivity contribution in [1.82, 2.24) is 0 Å². The Kier molecular flexibility index (Phi) is 5.51. The summed E-state index contributed by atoms with van der Waals surface area (Å²) < 4.78 is 6.86. The molecule has 1 heterocycles. The predicted octanol–water partition coefficient (Wildman–Crippen LogP) is 12.5. The maximum atomic E-state index is 6.86. The molecule has 0 aromatic heterocycles. The number of nitrogens with zero attached hydrogens (tertiary/aromatic N) is 1. The van der Waals surface area contributed by atoms with Gasteiger partial charge in [0.15, 0.2) is 0 Å². The first-order valence-corrected chi connectivity index (χ1v) is 19.0. The van der Waals surface area contributed by atoms with Gasteiger partial charge in [-0.15, -0.1) is 0 Å². The number of hydrogen-bond acceptors (Lipinski definition) is 2. The fraction of sp³-hybridized carbons (Fsp3) is 0.404. The Morgan fingerprint density at radius 3 is 2.00 bits per heavy atom. The zero-order valence-corrected chi connectivity index (χ0v) is 29.4. The van der Waals surface area contributed by atoms with Crippen LogP contribution in [-0.2, 0) is 16.2 Å². The summed E-state index contributed by atoms with van der Waals surface area (Å²) in [6, 6.07) is 39.4. The molecule has 5 aromatic rings. The van der Waals surface area contributed by atoms with Gasteiger partial charge >= 0.3 is 0 Å². The van der Waals surface area contributed by atoms with Crippen LogP contribution in [0.3, 0.4) is 0 Å². The molecule has 5 aliphatic carbocycles. The Hall–Kier alpha value is -4.04. The second-order valence-corrected chi connectivity index (χ2v) is 18.2. The summed E-state index contributed by atoms with van der Waals surface area (Å²) in [6.07, 6.45) is 9.58. The second kappa shape index (κ2) is 9.39. The molecule has 6 aliphatic rings. The van der Waals surface area contributed by atoms with Crippen molar-refractivity contribution in [2.24, 2.45) is 29.1 Å². The summed E-state index contributed by atoms with van der Waals surface area (Å²) in [4.78, 5) is 2.57. The van der Waals surface area contributed by atoms with Gasteiger partial charge in [0.25, 0.3) is 0 Å². The van der Waals surface area contributed by atoms with Gasteiger partial charge in [0.05, 0.1) is 5.69 Å². The van der Waals surface area contributed by atoms with E-state index in [4.69, 9.17) is 4.74 Å². The van der Waals surface area contributed by atoms with Crippen molar-refractivity contribution >= 4 is 27.8 Å². The van der Waals surface area contributed by atoms with E-state index in [-0.39, 0.29) is 16.2 Å². The van der Waals surface area contributed by atoms with Crippen LogP contribution in [0, 0.1) is 29.1 Å². The van der Waals surface area contributed by atoms with Gasteiger partial charge in [-0.3, -0.25) is 0 Å². The van der Waals surface area contributed by atoms with E-state index in [0.29, 0.717) is 17.3 Å². The number of benzene rings is 5. The Morgan fingerprint density at radius 1 is 0.571 bits per heavy atom. The summed E-state index contributed by atoms with van der Waals surface area (Å²) >= 11 is 0. The predicted molar refractivity (Wildman–Crippen MR) is 201 cm³/mol. The number of fused-ring (bicyclic) bond motifs is 10. The van der Waals surface area contributed by atoms with Gasteiger partial charge in [-0.1, -0.05) is 88.4 Å². The van der Waals surface area contributed by atoms with Gasteiger partial charge in [0.1, 0.15) is 11.5 Å². The van der Waals surface area contributed by atoms with Crippen LogP contribution in [0.4, 0.5) is 17.1 Å². The van der Waals surface area contributed by atoms with E-state index in [1.165, 1.54) is 95.0 Å². The Bertz CT molecular complexity index is 2180. The summed E-state index contributed by atoms with van der Waals surface area (Å²) in [5.41, 5.74) is 10.5. The quantitative estimate of drug-likeness (QED) is 0.194. The topological polar surface area (TPSA) is 12.5 Å². The number of ether oxygens (including phenoxy) is 1. The Labute approximate surface area is 291 Å². The lowest BCUT2D eigenvalue weighted by atomic mass is 9.37. The van der Waals surface area contributed by atoms with Crippen LogP contribution >= 0.6 is 0 Å².